The van der Waals surface area contributed by atoms with E-state index in [1.807, 2.05) is 46.8 Å². The molecule has 0 amide bonds. The van der Waals surface area contributed by atoms with E-state index < -0.39 is 12.1 Å². The first-order valence-corrected chi connectivity index (χ1v) is 6.52. The standard InChI is InChI=1S/C15H23NO3/c1-9(2)16-8-13(15(17)18)19-14-11(4)7-6-10(3)12(14)5/h6-7,9,13,16H,8H2,1-5H3,(H,17,18). The molecule has 0 radical (unpaired) electrons. The average Bonchev–Trinajstić information content (AvgIpc) is 2.32. The lowest BCUT2D eigenvalue weighted by Crippen LogP contribution is -2.40. The Hall–Kier alpha value is -1.55. The highest BCUT2D eigenvalue weighted by Gasteiger charge is 2.21. The molecule has 0 saturated carbocycles. The molecule has 0 aliphatic carbocycles. The molecule has 0 fully saturated rings. The average molecular weight is 265 g/mol. The summed E-state index contributed by atoms with van der Waals surface area (Å²) in [6, 6.07) is 4.19. The Bertz CT molecular complexity index is 455. The Kier molecular flexibility index (Phi) is 5.36. The van der Waals surface area contributed by atoms with E-state index in [4.69, 9.17) is 4.74 Å². The maximum atomic E-state index is 11.3. The van der Waals surface area contributed by atoms with Crippen LogP contribution in [0, 0.1) is 20.8 Å². The van der Waals surface area contributed by atoms with Crippen LogP contribution in [-0.2, 0) is 4.79 Å². The number of carboxylic acids is 1. The monoisotopic (exact) mass is 265 g/mol. The fourth-order valence-electron chi connectivity index (χ4n) is 1.77. The predicted octanol–water partition coefficient (Wildman–Crippen LogP) is 2.44. The quantitative estimate of drug-likeness (QED) is 0.829. The molecule has 1 aromatic carbocycles. The first-order valence-electron chi connectivity index (χ1n) is 6.52. The molecular weight excluding hydrogens is 242 g/mol. The molecule has 1 aromatic rings. The van der Waals surface area contributed by atoms with Gasteiger partial charge in [-0.15, -0.1) is 0 Å². The van der Waals surface area contributed by atoms with Crippen LogP contribution in [0.3, 0.4) is 0 Å². The molecule has 0 aliphatic rings. The van der Waals surface area contributed by atoms with Crippen molar-refractivity contribution in [2.75, 3.05) is 6.54 Å². The van der Waals surface area contributed by atoms with Crippen molar-refractivity contribution in [1.82, 2.24) is 5.32 Å². The third-order valence-electron chi connectivity index (χ3n) is 3.12. The number of rotatable bonds is 6. The molecule has 1 atom stereocenters. The fourth-order valence-corrected chi connectivity index (χ4v) is 1.77. The van der Waals surface area contributed by atoms with Gasteiger partial charge in [-0.2, -0.15) is 0 Å². The van der Waals surface area contributed by atoms with Crippen molar-refractivity contribution in [1.29, 1.82) is 0 Å². The summed E-state index contributed by atoms with van der Waals surface area (Å²) in [6.45, 7) is 10.1. The van der Waals surface area contributed by atoms with E-state index in [0.717, 1.165) is 16.7 Å². The number of nitrogens with one attached hydrogen (secondary N) is 1. The molecule has 4 nitrogen and oxygen atoms in total. The van der Waals surface area contributed by atoms with Gasteiger partial charge in [0.1, 0.15) is 5.75 Å². The van der Waals surface area contributed by atoms with Crippen molar-refractivity contribution in [3.8, 4) is 5.75 Å². The number of hydrogen-bond acceptors (Lipinski definition) is 3. The summed E-state index contributed by atoms with van der Waals surface area (Å²) in [6.07, 6.45) is -0.874. The first kappa shape index (κ1) is 15.5. The van der Waals surface area contributed by atoms with Gasteiger partial charge in [0.25, 0.3) is 0 Å². The van der Waals surface area contributed by atoms with Crippen molar-refractivity contribution < 1.29 is 14.6 Å². The van der Waals surface area contributed by atoms with Gasteiger partial charge in [0, 0.05) is 12.6 Å². The number of carbonyl (C=O) groups is 1. The van der Waals surface area contributed by atoms with Gasteiger partial charge in [-0.05, 0) is 37.5 Å². The summed E-state index contributed by atoms with van der Waals surface area (Å²) >= 11 is 0. The molecule has 0 aliphatic heterocycles. The lowest BCUT2D eigenvalue weighted by molar-refractivity contribution is -0.144. The minimum Gasteiger partial charge on any atom is -0.478 e. The topological polar surface area (TPSA) is 58.6 Å². The first-order chi connectivity index (χ1) is 8.82. The van der Waals surface area contributed by atoms with E-state index in [-0.39, 0.29) is 6.04 Å². The smallest absolute Gasteiger partial charge is 0.346 e. The van der Waals surface area contributed by atoms with Crippen LogP contribution in [-0.4, -0.2) is 29.8 Å². The molecule has 4 heteroatoms. The highest BCUT2D eigenvalue weighted by molar-refractivity contribution is 5.73. The van der Waals surface area contributed by atoms with Gasteiger partial charge in [0.2, 0.25) is 6.10 Å². The van der Waals surface area contributed by atoms with E-state index in [1.54, 1.807) is 0 Å². The van der Waals surface area contributed by atoms with Gasteiger partial charge in [0.15, 0.2) is 0 Å². The predicted molar refractivity (Wildman–Crippen MR) is 75.8 cm³/mol. The largest absolute Gasteiger partial charge is 0.478 e. The van der Waals surface area contributed by atoms with Gasteiger partial charge in [-0.25, -0.2) is 4.79 Å². The molecule has 1 unspecified atom stereocenters. The number of hydrogen-bond donors (Lipinski definition) is 2. The molecule has 0 spiro atoms. The van der Waals surface area contributed by atoms with Crippen molar-refractivity contribution in [3.05, 3.63) is 28.8 Å². The second-order valence-corrected chi connectivity index (χ2v) is 5.16. The van der Waals surface area contributed by atoms with Crippen molar-refractivity contribution >= 4 is 5.97 Å². The summed E-state index contributed by atoms with van der Waals surface area (Å²) in [5.74, 6) is -0.272. The van der Waals surface area contributed by atoms with Gasteiger partial charge < -0.3 is 15.2 Å². The Morgan fingerprint density at radius 2 is 1.84 bits per heavy atom. The summed E-state index contributed by atoms with van der Waals surface area (Å²) < 4.78 is 5.71. The summed E-state index contributed by atoms with van der Waals surface area (Å²) in [5.41, 5.74) is 3.05. The highest BCUT2D eigenvalue weighted by atomic mass is 16.5. The van der Waals surface area contributed by atoms with E-state index in [1.165, 1.54) is 0 Å². The molecule has 0 bridgehead atoms. The van der Waals surface area contributed by atoms with Gasteiger partial charge in [-0.1, -0.05) is 26.0 Å². The second kappa shape index (κ2) is 6.57. The van der Waals surface area contributed by atoms with Crippen LogP contribution in [0.5, 0.6) is 5.75 Å². The van der Waals surface area contributed by atoms with Crippen LogP contribution in [0.15, 0.2) is 12.1 Å². The zero-order valence-corrected chi connectivity index (χ0v) is 12.3. The second-order valence-electron chi connectivity index (χ2n) is 5.16. The van der Waals surface area contributed by atoms with Crippen LogP contribution in [0.4, 0.5) is 0 Å². The maximum Gasteiger partial charge on any atom is 0.346 e. The molecule has 1 rings (SSSR count). The minimum absolute atomic E-state index is 0.227. The number of ether oxygens (including phenoxy) is 1. The van der Waals surface area contributed by atoms with Crippen molar-refractivity contribution in [2.24, 2.45) is 0 Å². The third-order valence-corrected chi connectivity index (χ3v) is 3.12. The normalized spacial score (nSPS) is 12.5. The molecule has 0 heterocycles. The Labute approximate surface area is 114 Å². The molecule has 0 aromatic heterocycles. The Morgan fingerprint density at radius 1 is 1.26 bits per heavy atom. The van der Waals surface area contributed by atoms with Crippen LogP contribution in [0.25, 0.3) is 0 Å². The fraction of sp³-hybridized carbons (Fsp3) is 0.533. The zero-order valence-electron chi connectivity index (χ0n) is 12.3. The Morgan fingerprint density at radius 3 is 2.37 bits per heavy atom. The maximum absolute atomic E-state index is 11.3. The minimum atomic E-state index is -0.951. The lowest BCUT2D eigenvalue weighted by atomic mass is 10.1. The van der Waals surface area contributed by atoms with E-state index >= 15 is 0 Å². The molecule has 19 heavy (non-hydrogen) atoms. The number of benzene rings is 1. The van der Waals surface area contributed by atoms with Crippen molar-refractivity contribution in [2.45, 2.75) is 46.8 Å². The highest BCUT2D eigenvalue weighted by Crippen LogP contribution is 2.26. The lowest BCUT2D eigenvalue weighted by Gasteiger charge is -2.20. The van der Waals surface area contributed by atoms with Crippen LogP contribution < -0.4 is 10.1 Å². The molecular formula is C15H23NO3. The van der Waals surface area contributed by atoms with Gasteiger partial charge in [-0.3, -0.25) is 0 Å². The van der Waals surface area contributed by atoms with Gasteiger partial charge >= 0.3 is 5.97 Å². The van der Waals surface area contributed by atoms with Crippen molar-refractivity contribution in [3.63, 3.8) is 0 Å². The summed E-state index contributed by atoms with van der Waals surface area (Å²) in [5, 5.41) is 12.3. The zero-order chi connectivity index (χ0) is 14.6. The van der Waals surface area contributed by atoms with E-state index in [9.17, 15) is 9.90 Å². The van der Waals surface area contributed by atoms with Crippen LogP contribution in [0.1, 0.15) is 30.5 Å². The van der Waals surface area contributed by atoms with E-state index in [0.29, 0.717) is 12.3 Å². The Balaban J connectivity index is 2.91. The molecule has 2 N–H and O–H groups in total. The summed E-state index contributed by atoms with van der Waals surface area (Å²) in [4.78, 5) is 11.3. The molecule has 0 saturated heterocycles. The SMILES string of the molecule is Cc1ccc(C)c(OC(CNC(C)C)C(=O)O)c1C. The number of carboxylic acid groups (broad SMARTS) is 1. The molecule has 106 valence electrons. The van der Waals surface area contributed by atoms with Crippen LogP contribution >= 0.6 is 0 Å². The van der Waals surface area contributed by atoms with Gasteiger partial charge in [0.05, 0.1) is 0 Å². The van der Waals surface area contributed by atoms with E-state index in [2.05, 4.69) is 5.32 Å². The van der Waals surface area contributed by atoms with Crippen LogP contribution in [0.2, 0.25) is 0 Å². The summed E-state index contributed by atoms with van der Waals surface area (Å²) in [7, 11) is 0. The number of aliphatic carboxylic acids is 1. The number of aryl methyl sites for hydroxylation is 2. The third kappa shape index (κ3) is 4.24.